The Kier molecular flexibility index (Phi) is 14.6. The number of aromatic nitrogens is 2. The molecular formula is C12H18N2O4S. The standard InChI is InChI=1S/2C5H5N.C2H6.H2O4S/c2*1-2-4-6-5-3-1;1-2;1-5(2,3)4/h2*1-5H;1-2H3;(H2,1,2,3,4). The van der Waals surface area contributed by atoms with Gasteiger partial charge in [-0.3, -0.25) is 19.1 Å². The first-order valence-electron chi connectivity index (χ1n) is 5.40. The van der Waals surface area contributed by atoms with Crippen molar-refractivity contribution in [3.05, 3.63) is 61.2 Å². The molecule has 0 aliphatic carbocycles. The summed E-state index contributed by atoms with van der Waals surface area (Å²) in [6, 6.07) is 11.4. The van der Waals surface area contributed by atoms with Crippen LogP contribution in [0.2, 0.25) is 0 Å². The van der Waals surface area contributed by atoms with E-state index < -0.39 is 10.4 Å². The fourth-order valence-electron chi connectivity index (χ4n) is 0.625. The summed E-state index contributed by atoms with van der Waals surface area (Å²) in [7, 11) is -4.67. The van der Waals surface area contributed by atoms with Crippen LogP contribution in [-0.4, -0.2) is 27.5 Å². The second-order valence-electron chi connectivity index (χ2n) is 2.50. The van der Waals surface area contributed by atoms with Crippen LogP contribution in [0.1, 0.15) is 13.8 Å². The van der Waals surface area contributed by atoms with Gasteiger partial charge in [0.1, 0.15) is 0 Å². The second kappa shape index (κ2) is 14.2. The number of nitrogens with zero attached hydrogens (tertiary/aromatic N) is 2. The molecule has 0 saturated heterocycles. The molecule has 2 N–H and O–H groups in total. The Morgan fingerprint density at radius 3 is 0.947 bits per heavy atom. The predicted molar refractivity (Wildman–Crippen MR) is 74.0 cm³/mol. The Morgan fingerprint density at radius 1 is 0.684 bits per heavy atom. The van der Waals surface area contributed by atoms with Crippen molar-refractivity contribution in [3.63, 3.8) is 0 Å². The largest absolute Gasteiger partial charge is 0.394 e. The van der Waals surface area contributed by atoms with Gasteiger partial charge in [-0.05, 0) is 24.3 Å². The van der Waals surface area contributed by atoms with E-state index in [1.165, 1.54) is 0 Å². The van der Waals surface area contributed by atoms with Crippen molar-refractivity contribution in [1.29, 1.82) is 0 Å². The van der Waals surface area contributed by atoms with Crippen LogP contribution in [-0.2, 0) is 10.4 Å². The molecule has 0 aliphatic rings. The number of rotatable bonds is 0. The van der Waals surface area contributed by atoms with Crippen LogP contribution in [0.5, 0.6) is 0 Å². The zero-order valence-electron chi connectivity index (χ0n) is 10.8. The van der Waals surface area contributed by atoms with E-state index in [0.29, 0.717) is 0 Å². The summed E-state index contributed by atoms with van der Waals surface area (Å²) in [6.45, 7) is 4.00. The van der Waals surface area contributed by atoms with E-state index in [1.807, 2.05) is 50.2 Å². The highest BCUT2D eigenvalue weighted by molar-refractivity contribution is 7.79. The summed E-state index contributed by atoms with van der Waals surface area (Å²) in [6.07, 6.45) is 7.00. The lowest BCUT2D eigenvalue weighted by Gasteiger charge is -1.70. The van der Waals surface area contributed by atoms with Gasteiger partial charge in [0.05, 0.1) is 0 Å². The number of hydrogen-bond donors (Lipinski definition) is 2. The fourth-order valence-corrected chi connectivity index (χ4v) is 0.625. The monoisotopic (exact) mass is 286 g/mol. The Labute approximate surface area is 113 Å². The van der Waals surface area contributed by atoms with Gasteiger partial charge < -0.3 is 0 Å². The summed E-state index contributed by atoms with van der Waals surface area (Å²) in [4.78, 5) is 7.57. The minimum atomic E-state index is -4.67. The molecule has 0 fully saturated rings. The van der Waals surface area contributed by atoms with Gasteiger partial charge in [-0.1, -0.05) is 26.0 Å². The normalized spacial score (nSPS) is 8.42. The number of pyridine rings is 2. The molecule has 106 valence electrons. The van der Waals surface area contributed by atoms with Crippen LogP contribution in [0.25, 0.3) is 0 Å². The molecule has 0 bridgehead atoms. The summed E-state index contributed by atoms with van der Waals surface area (Å²) in [5.41, 5.74) is 0. The van der Waals surface area contributed by atoms with Crippen LogP contribution in [0, 0.1) is 0 Å². The third-order valence-electron chi connectivity index (χ3n) is 1.13. The van der Waals surface area contributed by atoms with Gasteiger partial charge in [0.15, 0.2) is 0 Å². The zero-order chi connectivity index (χ0) is 15.0. The number of hydrogen-bond acceptors (Lipinski definition) is 4. The molecule has 2 heterocycles. The Bertz CT molecular complexity index is 371. The van der Waals surface area contributed by atoms with Crippen LogP contribution in [0.3, 0.4) is 0 Å². The molecule has 0 spiro atoms. The predicted octanol–water partition coefficient (Wildman–Crippen LogP) is 2.54. The summed E-state index contributed by atoms with van der Waals surface area (Å²) in [5, 5.41) is 0. The van der Waals surface area contributed by atoms with Gasteiger partial charge >= 0.3 is 10.4 Å². The van der Waals surface area contributed by atoms with Crippen LogP contribution in [0.15, 0.2) is 61.2 Å². The van der Waals surface area contributed by atoms with Gasteiger partial charge in [-0.25, -0.2) is 0 Å². The summed E-state index contributed by atoms with van der Waals surface area (Å²) >= 11 is 0. The average molecular weight is 286 g/mol. The molecule has 0 unspecified atom stereocenters. The molecule has 0 amide bonds. The first-order chi connectivity index (χ1) is 9.00. The lowest BCUT2D eigenvalue weighted by molar-refractivity contribution is 0.381. The van der Waals surface area contributed by atoms with E-state index in [1.54, 1.807) is 24.8 Å². The van der Waals surface area contributed by atoms with Gasteiger partial charge in [0, 0.05) is 24.8 Å². The minimum Gasteiger partial charge on any atom is -0.265 e. The highest BCUT2D eigenvalue weighted by Gasteiger charge is 1.84. The van der Waals surface area contributed by atoms with Crippen molar-refractivity contribution < 1.29 is 17.5 Å². The van der Waals surface area contributed by atoms with Gasteiger partial charge in [0.2, 0.25) is 0 Å². The third kappa shape index (κ3) is 31.4. The Hall–Kier alpha value is -1.83. The third-order valence-corrected chi connectivity index (χ3v) is 1.13. The van der Waals surface area contributed by atoms with Crippen molar-refractivity contribution in [3.8, 4) is 0 Å². The van der Waals surface area contributed by atoms with Crippen LogP contribution >= 0.6 is 0 Å². The topological polar surface area (TPSA) is 100 Å². The average Bonchev–Trinajstić information content (AvgIpc) is 2.44. The molecule has 0 aliphatic heterocycles. The maximum Gasteiger partial charge on any atom is 0.394 e. The van der Waals surface area contributed by atoms with Crippen molar-refractivity contribution in [1.82, 2.24) is 9.97 Å². The first-order valence-corrected chi connectivity index (χ1v) is 6.79. The molecule has 0 aromatic carbocycles. The summed E-state index contributed by atoms with van der Waals surface area (Å²) in [5.74, 6) is 0. The molecule has 19 heavy (non-hydrogen) atoms. The molecule has 0 radical (unpaired) electrons. The highest BCUT2D eigenvalue weighted by atomic mass is 32.3. The van der Waals surface area contributed by atoms with Crippen molar-refractivity contribution >= 4 is 10.4 Å². The minimum absolute atomic E-state index is 1.75. The van der Waals surface area contributed by atoms with E-state index in [4.69, 9.17) is 17.5 Å². The molecular weight excluding hydrogens is 268 g/mol. The molecule has 2 rings (SSSR count). The fraction of sp³-hybridized carbons (Fsp3) is 0.167. The van der Waals surface area contributed by atoms with Gasteiger partial charge in [-0.2, -0.15) is 8.42 Å². The van der Waals surface area contributed by atoms with Crippen LogP contribution in [0.4, 0.5) is 0 Å². The SMILES string of the molecule is CC.O=S(=O)(O)O.c1ccncc1.c1ccncc1. The van der Waals surface area contributed by atoms with Crippen molar-refractivity contribution in [2.45, 2.75) is 13.8 Å². The molecule has 2 aromatic rings. The molecule has 7 heteroatoms. The van der Waals surface area contributed by atoms with Gasteiger partial charge in [-0.15, -0.1) is 0 Å². The maximum atomic E-state index is 8.74. The molecule has 0 atom stereocenters. The van der Waals surface area contributed by atoms with Crippen LogP contribution < -0.4 is 0 Å². The van der Waals surface area contributed by atoms with Gasteiger partial charge in [0.25, 0.3) is 0 Å². The summed E-state index contributed by atoms with van der Waals surface area (Å²) < 4.78 is 31.6. The zero-order valence-corrected chi connectivity index (χ0v) is 11.6. The maximum absolute atomic E-state index is 8.74. The second-order valence-corrected chi connectivity index (χ2v) is 3.39. The highest BCUT2D eigenvalue weighted by Crippen LogP contribution is 1.74. The Balaban J connectivity index is 0. The van der Waals surface area contributed by atoms with E-state index in [2.05, 4.69) is 9.97 Å². The molecule has 2 aromatic heterocycles. The van der Waals surface area contributed by atoms with Crippen molar-refractivity contribution in [2.24, 2.45) is 0 Å². The molecule has 6 nitrogen and oxygen atoms in total. The quantitative estimate of drug-likeness (QED) is 0.722. The lowest BCUT2D eigenvalue weighted by atomic mass is 10.5. The molecule has 0 saturated carbocycles. The van der Waals surface area contributed by atoms with E-state index in [-0.39, 0.29) is 0 Å². The van der Waals surface area contributed by atoms with E-state index in [9.17, 15) is 0 Å². The first kappa shape index (κ1) is 19.5. The van der Waals surface area contributed by atoms with E-state index in [0.717, 1.165) is 0 Å². The Morgan fingerprint density at radius 2 is 0.895 bits per heavy atom. The van der Waals surface area contributed by atoms with Crippen molar-refractivity contribution in [2.75, 3.05) is 0 Å². The van der Waals surface area contributed by atoms with E-state index >= 15 is 0 Å². The lowest BCUT2D eigenvalue weighted by Crippen LogP contribution is -1.89. The smallest absolute Gasteiger partial charge is 0.265 e.